The molecule has 15 heteroatoms. The predicted molar refractivity (Wildman–Crippen MR) is 135 cm³/mol. The Kier molecular flexibility index (Phi) is 8.33. The summed E-state index contributed by atoms with van der Waals surface area (Å²) in [5.74, 6) is 0. The van der Waals surface area contributed by atoms with E-state index in [9.17, 15) is 40.6 Å². The van der Waals surface area contributed by atoms with Crippen LogP contribution in [0.25, 0.3) is 16.8 Å². The van der Waals surface area contributed by atoms with Gasteiger partial charge in [0.2, 0.25) is 0 Å². The fourth-order valence-corrected chi connectivity index (χ4v) is 4.74. The lowest BCUT2D eigenvalue weighted by Gasteiger charge is -2.33. The third-order valence-corrected chi connectivity index (χ3v) is 7.11. The number of aromatic nitrogens is 2. The molecule has 0 aliphatic carbocycles. The minimum absolute atomic E-state index is 0.0317. The molecule has 39 heavy (non-hydrogen) atoms. The van der Waals surface area contributed by atoms with Crippen LogP contribution in [0.5, 0.6) is 0 Å². The van der Waals surface area contributed by atoms with Crippen LogP contribution in [0.3, 0.4) is 0 Å². The third kappa shape index (κ3) is 5.99. The molecule has 0 radical (unpaired) electrons. The molecule has 0 spiro atoms. The molecule has 3 aromatic rings. The topological polar surface area (TPSA) is 58.4 Å². The van der Waals surface area contributed by atoms with Crippen LogP contribution < -0.4 is 0 Å². The van der Waals surface area contributed by atoms with Gasteiger partial charge in [0.15, 0.2) is 0 Å². The molecule has 0 aliphatic heterocycles. The minimum Gasteiger partial charge on any atom is -0.465 e. The average molecular weight is 665 g/mol. The van der Waals surface area contributed by atoms with Crippen molar-refractivity contribution in [2.45, 2.75) is 50.9 Å². The van der Waals surface area contributed by atoms with Crippen LogP contribution in [0.4, 0.5) is 35.5 Å². The molecule has 1 N–H and O–H groups in total. The van der Waals surface area contributed by atoms with Gasteiger partial charge >= 0.3 is 24.1 Å². The maximum Gasteiger partial charge on any atom is 0.435 e. The Morgan fingerprint density at radius 3 is 1.97 bits per heavy atom. The highest BCUT2D eigenvalue weighted by atomic mass is 79.9. The van der Waals surface area contributed by atoms with Crippen LogP contribution in [0.15, 0.2) is 47.2 Å². The van der Waals surface area contributed by atoms with E-state index in [4.69, 9.17) is 23.2 Å². The molecule has 0 saturated heterocycles. The van der Waals surface area contributed by atoms with E-state index in [0.717, 1.165) is 4.68 Å². The molecular weight excluding hydrogens is 646 g/mol. The molecule has 1 heterocycles. The van der Waals surface area contributed by atoms with Gasteiger partial charge in [-0.1, -0.05) is 45.2 Å². The van der Waals surface area contributed by atoms with Crippen LogP contribution in [0.2, 0.25) is 10.0 Å². The Balaban J connectivity index is 2.04. The third-order valence-electron chi connectivity index (χ3n) is 5.76. The molecule has 0 bridgehead atoms. The summed E-state index contributed by atoms with van der Waals surface area (Å²) in [4.78, 5) is 13.0. The summed E-state index contributed by atoms with van der Waals surface area (Å²) in [5, 5.41) is 12.2. The minimum atomic E-state index is -6.33. The molecule has 5 nitrogen and oxygen atoms in total. The monoisotopic (exact) mass is 663 g/mol. The standard InChI is InChI=1S/C24H19BrCl2F7N3O2/c1-21(2,3)36(20(38)39)10-13-6-12(4-5-16(13)25)14-9-35-37(11-14)19-17(26)7-15(8-18(19)27)22(28,23(29,30)31)24(32,33)34/h4-9,11H,10H2,1-3H3,(H,38,39). The molecule has 0 unspecified atom stereocenters. The van der Waals surface area contributed by atoms with Gasteiger partial charge in [0, 0.05) is 27.3 Å². The number of carbonyl (C=O) groups is 1. The van der Waals surface area contributed by atoms with Gasteiger partial charge in [0.1, 0.15) is 5.69 Å². The Morgan fingerprint density at radius 1 is 0.974 bits per heavy atom. The first kappa shape index (κ1) is 31.0. The lowest BCUT2D eigenvalue weighted by molar-refractivity contribution is -0.348. The summed E-state index contributed by atoms with van der Waals surface area (Å²) in [6.45, 7) is 5.23. The number of amides is 1. The van der Waals surface area contributed by atoms with Gasteiger partial charge in [-0.3, -0.25) is 4.90 Å². The number of benzene rings is 2. The van der Waals surface area contributed by atoms with Crippen LogP contribution in [-0.4, -0.2) is 43.8 Å². The molecule has 1 amide bonds. The van der Waals surface area contributed by atoms with Crippen molar-refractivity contribution in [2.75, 3.05) is 0 Å². The largest absolute Gasteiger partial charge is 0.465 e. The number of hydrogen-bond acceptors (Lipinski definition) is 2. The van der Waals surface area contributed by atoms with Gasteiger partial charge in [0.25, 0.3) is 0 Å². The summed E-state index contributed by atoms with van der Waals surface area (Å²) in [7, 11) is 0. The van der Waals surface area contributed by atoms with Crippen LogP contribution in [-0.2, 0) is 12.2 Å². The van der Waals surface area contributed by atoms with E-state index in [1.165, 1.54) is 17.3 Å². The number of carboxylic acid groups (broad SMARTS) is 1. The highest BCUT2D eigenvalue weighted by molar-refractivity contribution is 9.10. The molecule has 3 rings (SSSR count). The van der Waals surface area contributed by atoms with Gasteiger partial charge in [0.05, 0.1) is 22.8 Å². The van der Waals surface area contributed by atoms with E-state index in [1.807, 2.05) is 0 Å². The van der Waals surface area contributed by atoms with Crippen molar-refractivity contribution in [1.29, 1.82) is 0 Å². The van der Waals surface area contributed by atoms with Crippen molar-refractivity contribution in [1.82, 2.24) is 14.7 Å². The van der Waals surface area contributed by atoms with Crippen molar-refractivity contribution >= 4 is 45.2 Å². The lowest BCUT2D eigenvalue weighted by atomic mass is 9.94. The van der Waals surface area contributed by atoms with Gasteiger partial charge in [-0.2, -0.15) is 31.4 Å². The molecule has 0 saturated carbocycles. The summed E-state index contributed by atoms with van der Waals surface area (Å²) in [6.07, 6.45) is -11.1. The van der Waals surface area contributed by atoms with E-state index >= 15 is 0 Å². The zero-order valence-corrected chi connectivity index (χ0v) is 23.3. The van der Waals surface area contributed by atoms with Gasteiger partial charge in [-0.15, -0.1) is 0 Å². The number of nitrogens with zero attached hydrogens (tertiary/aromatic N) is 3. The van der Waals surface area contributed by atoms with Crippen LogP contribution in [0.1, 0.15) is 31.9 Å². The Hall–Kier alpha value is -2.51. The first-order valence-electron chi connectivity index (χ1n) is 10.8. The smallest absolute Gasteiger partial charge is 0.435 e. The Morgan fingerprint density at radius 2 is 1.51 bits per heavy atom. The maximum absolute atomic E-state index is 14.5. The molecule has 0 fully saturated rings. The summed E-state index contributed by atoms with van der Waals surface area (Å²) in [5.41, 5.74) is -6.92. The van der Waals surface area contributed by atoms with Crippen molar-refractivity contribution in [2.24, 2.45) is 0 Å². The molecule has 1 aromatic heterocycles. The van der Waals surface area contributed by atoms with Crippen LogP contribution >= 0.6 is 39.1 Å². The SMILES string of the molecule is CC(C)(C)N(Cc1cc(-c2cnn(-c3c(Cl)cc(C(F)(C(F)(F)F)C(F)(F)F)cc3Cl)c2)ccc1Br)C(=O)O. The Bertz CT molecular complexity index is 1360. The van der Waals surface area contributed by atoms with Gasteiger partial charge in [-0.05, 0) is 56.2 Å². The second-order valence-electron chi connectivity index (χ2n) is 9.46. The van der Waals surface area contributed by atoms with E-state index < -0.39 is 45.3 Å². The molecular formula is C24H19BrCl2F7N3O2. The normalized spacial score (nSPS) is 13.1. The number of halogens is 10. The van der Waals surface area contributed by atoms with E-state index in [0.29, 0.717) is 21.2 Å². The highest BCUT2D eigenvalue weighted by Gasteiger charge is 2.73. The highest BCUT2D eigenvalue weighted by Crippen LogP contribution is 2.54. The van der Waals surface area contributed by atoms with Crippen molar-refractivity contribution in [3.05, 3.63) is 68.4 Å². The van der Waals surface area contributed by atoms with Crippen molar-refractivity contribution < 1.29 is 40.6 Å². The fraction of sp³-hybridized carbons (Fsp3) is 0.333. The zero-order chi connectivity index (χ0) is 29.7. The van der Waals surface area contributed by atoms with Crippen molar-refractivity contribution in [3.63, 3.8) is 0 Å². The maximum atomic E-state index is 14.5. The summed E-state index contributed by atoms with van der Waals surface area (Å²) in [6, 6.07) is 5.44. The molecule has 0 atom stereocenters. The quantitative estimate of drug-likeness (QED) is 0.277. The zero-order valence-electron chi connectivity index (χ0n) is 20.2. The molecule has 212 valence electrons. The fourth-order valence-electron chi connectivity index (χ4n) is 3.70. The van der Waals surface area contributed by atoms with Gasteiger partial charge in [-0.25, -0.2) is 13.9 Å². The Labute approximate surface area is 236 Å². The lowest BCUT2D eigenvalue weighted by Crippen LogP contribution is -2.50. The van der Waals surface area contributed by atoms with E-state index in [2.05, 4.69) is 21.0 Å². The first-order chi connectivity index (χ1) is 17.7. The molecule has 0 aliphatic rings. The number of hydrogen-bond donors (Lipinski definition) is 1. The summed E-state index contributed by atoms with van der Waals surface area (Å²) < 4.78 is 95.2. The second kappa shape index (κ2) is 10.5. The average Bonchev–Trinajstić information content (AvgIpc) is 3.24. The van der Waals surface area contributed by atoms with Crippen molar-refractivity contribution in [3.8, 4) is 16.8 Å². The van der Waals surface area contributed by atoms with E-state index in [1.54, 1.807) is 39.0 Å². The van der Waals surface area contributed by atoms with Gasteiger partial charge < -0.3 is 5.11 Å². The second-order valence-corrected chi connectivity index (χ2v) is 11.1. The van der Waals surface area contributed by atoms with E-state index in [-0.39, 0.29) is 24.4 Å². The van der Waals surface area contributed by atoms with Crippen LogP contribution in [0, 0.1) is 0 Å². The predicted octanol–water partition coefficient (Wildman–Crippen LogP) is 9.18. The number of alkyl halides is 7. The number of rotatable bonds is 5. The first-order valence-corrected chi connectivity index (χ1v) is 12.4. The molecule has 2 aromatic carbocycles. The summed E-state index contributed by atoms with van der Waals surface area (Å²) >= 11 is 15.4.